The van der Waals surface area contributed by atoms with Gasteiger partial charge in [0.05, 0.1) is 6.10 Å². The van der Waals surface area contributed by atoms with Crippen molar-refractivity contribution in [1.29, 1.82) is 0 Å². The second kappa shape index (κ2) is 5.67. The molecule has 3 nitrogen and oxygen atoms in total. The van der Waals surface area contributed by atoms with Gasteiger partial charge in [0, 0.05) is 23.4 Å². The summed E-state index contributed by atoms with van der Waals surface area (Å²) >= 11 is 3.49. The minimum atomic E-state index is -0.433. The van der Waals surface area contributed by atoms with Crippen LogP contribution < -0.4 is 0 Å². The molecule has 0 fully saturated rings. The van der Waals surface area contributed by atoms with Crippen LogP contribution in [-0.2, 0) is 13.5 Å². The molecule has 0 spiro atoms. The summed E-state index contributed by atoms with van der Waals surface area (Å²) in [5.41, 5.74) is 3.24. The van der Waals surface area contributed by atoms with Gasteiger partial charge in [-0.25, -0.2) is 0 Å². The fourth-order valence-electron chi connectivity index (χ4n) is 2.07. The highest BCUT2D eigenvalue weighted by atomic mass is 79.9. The van der Waals surface area contributed by atoms with Crippen molar-refractivity contribution in [1.82, 2.24) is 9.78 Å². The summed E-state index contributed by atoms with van der Waals surface area (Å²) in [4.78, 5) is 0. The van der Waals surface area contributed by atoms with Crippen LogP contribution in [-0.4, -0.2) is 14.9 Å². The second-order valence-corrected chi connectivity index (χ2v) is 5.31. The number of nitrogens with zero attached hydrogens (tertiary/aromatic N) is 2. The monoisotopic (exact) mass is 308 g/mol. The highest BCUT2D eigenvalue weighted by Gasteiger charge is 2.12. The average Bonchev–Trinajstić information content (AvgIpc) is 2.75. The van der Waals surface area contributed by atoms with E-state index in [4.69, 9.17) is 0 Å². The first-order valence-electron chi connectivity index (χ1n) is 5.99. The molecule has 1 unspecified atom stereocenters. The van der Waals surface area contributed by atoms with E-state index in [0.29, 0.717) is 6.42 Å². The zero-order chi connectivity index (χ0) is 13.1. The Bertz CT molecular complexity index is 536. The maximum Gasteiger partial charge on any atom is 0.0796 e. The number of benzene rings is 1. The SMILES string of the molecule is Cc1c(Br)cccc1C(O)CCc1ccnn1C. The van der Waals surface area contributed by atoms with Crippen molar-refractivity contribution in [3.63, 3.8) is 0 Å². The van der Waals surface area contributed by atoms with Crippen LogP contribution in [0.1, 0.15) is 29.3 Å². The van der Waals surface area contributed by atoms with E-state index in [1.165, 1.54) is 0 Å². The van der Waals surface area contributed by atoms with Gasteiger partial charge >= 0.3 is 0 Å². The van der Waals surface area contributed by atoms with Crippen molar-refractivity contribution in [2.75, 3.05) is 0 Å². The molecule has 0 saturated heterocycles. The summed E-state index contributed by atoms with van der Waals surface area (Å²) in [6, 6.07) is 7.92. The van der Waals surface area contributed by atoms with Crippen molar-refractivity contribution in [2.24, 2.45) is 7.05 Å². The fourth-order valence-corrected chi connectivity index (χ4v) is 2.45. The van der Waals surface area contributed by atoms with Crippen molar-refractivity contribution >= 4 is 15.9 Å². The van der Waals surface area contributed by atoms with E-state index in [0.717, 1.165) is 27.7 Å². The van der Waals surface area contributed by atoms with Crippen LogP contribution in [0.15, 0.2) is 34.9 Å². The zero-order valence-electron chi connectivity index (χ0n) is 10.6. The van der Waals surface area contributed by atoms with Crippen molar-refractivity contribution < 1.29 is 5.11 Å². The molecular weight excluding hydrogens is 292 g/mol. The van der Waals surface area contributed by atoms with Crippen LogP contribution in [0.25, 0.3) is 0 Å². The van der Waals surface area contributed by atoms with Gasteiger partial charge in [-0.15, -0.1) is 0 Å². The molecule has 2 rings (SSSR count). The topological polar surface area (TPSA) is 38.1 Å². The molecule has 1 aromatic carbocycles. The fraction of sp³-hybridized carbons (Fsp3) is 0.357. The van der Waals surface area contributed by atoms with Crippen LogP contribution in [0.4, 0.5) is 0 Å². The predicted molar refractivity (Wildman–Crippen MR) is 75.4 cm³/mol. The first kappa shape index (κ1) is 13.3. The lowest BCUT2D eigenvalue weighted by atomic mass is 9.99. The lowest BCUT2D eigenvalue weighted by molar-refractivity contribution is 0.166. The Balaban J connectivity index is 2.06. The number of aliphatic hydroxyl groups is 1. The largest absolute Gasteiger partial charge is 0.388 e. The van der Waals surface area contributed by atoms with Crippen molar-refractivity contribution in [2.45, 2.75) is 25.9 Å². The molecule has 1 heterocycles. The lowest BCUT2D eigenvalue weighted by Crippen LogP contribution is -2.05. The molecule has 0 aliphatic heterocycles. The minimum Gasteiger partial charge on any atom is -0.388 e. The Labute approximate surface area is 116 Å². The van der Waals surface area contributed by atoms with E-state index in [1.54, 1.807) is 6.20 Å². The van der Waals surface area contributed by atoms with Gasteiger partial charge in [0.25, 0.3) is 0 Å². The normalized spacial score (nSPS) is 12.7. The van der Waals surface area contributed by atoms with Crippen LogP contribution in [0.2, 0.25) is 0 Å². The number of aromatic nitrogens is 2. The standard InChI is InChI=1S/C14H17BrN2O/c1-10-12(4-3-5-13(10)15)14(18)7-6-11-8-9-16-17(11)2/h3-5,8-9,14,18H,6-7H2,1-2H3. The summed E-state index contributed by atoms with van der Waals surface area (Å²) < 4.78 is 2.89. The molecule has 2 aromatic rings. The van der Waals surface area contributed by atoms with Gasteiger partial charge in [0.1, 0.15) is 0 Å². The third-order valence-corrected chi connectivity index (χ3v) is 4.12. The molecule has 4 heteroatoms. The van der Waals surface area contributed by atoms with Gasteiger partial charge < -0.3 is 5.11 Å². The molecule has 1 aromatic heterocycles. The Hall–Kier alpha value is -1.13. The van der Waals surface area contributed by atoms with Gasteiger partial charge in [0.15, 0.2) is 0 Å². The molecule has 1 atom stereocenters. The van der Waals surface area contributed by atoms with E-state index in [-0.39, 0.29) is 0 Å². The number of halogens is 1. The molecule has 0 radical (unpaired) electrons. The van der Waals surface area contributed by atoms with Crippen LogP contribution >= 0.6 is 15.9 Å². The van der Waals surface area contributed by atoms with E-state index in [9.17, 15) is 5.11 Å². The van der Waals surface area contributed by atoms with Gasteiger partial charge in [-0.1, -0.05) is 28.1 Å². The number of aryl methyl sites for hydroxylation is 2. The highest BCUT2D eigenvalue weighted by molar-refractivity contribution is 9.10. The number of rotatable bonds is 4. The second-order valence-electron chi connectivity index (χ2n) is 4.45. The molecule has 0 aliphatic carbocycles. The van der Waals surface area contributed by atoms with Crippen LogP contribution in [0.3, 0.4) is 0 Å². The first-order chi connectivity index (χ1) is 8.59. The van der Waals surface area contributed by atoms with Crippen LogP contribution in [0.5, 0.6) is 0 Å². The van der Waals surface area contributed by atoms with Gasteiger partial charge in [-0.3, -0.25) is 4.68 Å². The summed E-state index contributed by atoms with van der Waals surface area (Å²) in [6.07, 6.45) is 2.88. The number of hydrogen-bond acceptors (Lipinski definition) is 2. The molecule has 18 heavy (non-hydrogen) atoms. The predicted octanol–water partition coefficient (Wildman–Crippen LogP) is 3.16. The smallest absolute Gasteiger partial charge is 0.0796 e. The van der Waals surface area contributed by atoms with Crippen LogP contribution in [0, 0.1) is 6.92 Å². The van der Waals surface area contributed by atoms with Gasteiger partial charge in [-0.05, 0) is 43.0 Å². The Morgan fingerprint density at radius 3 is 2.83 bits per heavy atom. The van der Waals surface area contributed by atoms with E-state index >= 15 is 0 Å². The molecule has 0 aliphatic rings. The zero-order valence-corrected chi connectivity index (χ0v) is 12.2. The molecule has 1 N–H and O–H groups in total. The first-order valence-corrected chi connectivity index (χ1v) is 6.79. The third kappa shape index (κ3) is 2.82. The molecule has 0 saturated carbocycles. The summed E-state index contributed by atoms with van der Waals surface area (Å²) in [5.74, 6) is 0. The molecule has 96 valence electrons. The van der Waals surface area contributed by atoms with Gasteiger partial charge in [-0.2, -0.15) is 5.10 Å². The molecule has 0 bridgehead atoms. The number of hydrogen-bond donors (Lipinski definition) is 1. The lowest BCUT2D eigenvalue weighted by Gasteiger charge is -2.14. The highest BCUT2D eigenvalue weighted by Crippen LogP contribution is 2.27. The molecule has 0 amide bonds. The third-order valence-electron chi connectivity index (χ3n) is 3.26. The average molecular weight is 309 g/mol. The Morgan fingerprint density at radius 2 is 2.17 bits per heavy atom. The summed E-state index contributed by atoms with van der Waals surface area (Å²) in [6.45, 7) is 2.02. The van der Waals surface area contributed by atoms with E-state index < -0.39 is 6.10 Å². The minimum absolute atomic E-state index is 0.433. The summed E-state index contributed by atoms with van der Waals surface area (Å²) in [7, 11) is 1.92. The summed E-state index contributed by atoms with van der Waals surface area (Å²) in [5, 5.41) is 14.4. The Kier molecular flexibility index (Phi) is 4.19. The quantitative estimate of drug-likeness (QED) is 0.942. The van der Waals surface area contributed by atoms with Crippen molar-refractivity contribution in [3.05, 3.63) is 51.8 Å². The maximum absolute atomic E-state index is 10.3. The van der Waals surface area contributed by atoms with E-state index in [2.05, 4.69) is 21.0 Å². The van der Waals surface area contributed by atoms with Crippen molar-refractivity contribution in [3.8, 4) is 0 Å². The van der Waals surface area contributed by atoms with Gasteiger partial charge in [0.2, 0.25) is 0 Å². The molecular formula is C14H17BrN2O. The number of aliphatic hydroxyl groups excluding tert-OH is 1. The maximum atomic E-state index is 10.3. The van der Waals surface area contributed by atoms with E-state index in [1.807, 2.05) is 42.9 Å². The Morgan fingerprint density at radius 1 is 1.39 bits per heavy atom.